The van der Waals surface area contributed by atoms with Gasteiger partial charge in [0.15, 0.2) is 0 Å². The van der Waals surface area contributed by atoms with Gasteiger partial charge in [-0.15, -0.1) is 0 Å². The third-order valence-electron chi connectivity index (χ3n) is 5.19. The molecule has 0 N–H and O–H groups in total. The zero-order chi connectivity index (χ0) is 20.5. The number of imide groups is 1. The number of nitrogens with zero attached hydrogens (tertiary/aromatic N) is 2. The number of thioether (sulfide) groups is 1. The molecule has 0 unspecified atom stereocenters. The minimum Gasteiger partial charge on any atom is -0.378 e. The lowest BCUT2D eigenvalue weighted by molar-refractivity contribution is -0.121. The number of hydrogen-bond acceptors (Lipinski definition) is 5. The zero-order valence-corrected chi connectivity index (χ0v) is 17.7. The van der Waals surface area contributed by atoms with Crippen molar-refractivity contribution in [2.75, 3.05) is 31.2 Å². The van der Waals surface area contributed by atoms with Crippen molar-refractivity contribution in [3.05, 3.63) is 69.8 Å². The van der Waals surface area contributed by atoms with Gasteiger partial charge in [-0.3, -0.25) is 9.59 Å². The van der Waals surface area contributed by atoms with Crippen molar-refractivity contribution in [1.29, 1.82) is 0 Å². The smallest absolute Gasteiger partial charge is 0.283 e. The molecule has 2 aromatic rings. The SMILES string of the molecule is Cc1ccc(SC2=C(N3CCOCC3)C(=O)N(c3cc(C)ccc3C)C2=O)cc1. The summed E-state index contributed by atoms with van der Waals surface area (Å²) in [7, 11) is 0. The molecule has 0 radical (unpaired) electrons. The zero-order valence-electron chi connectivity index (χ0n) is 16.9. The van der Waals surface area contributed by atoms with Crippen molar-refractivity contribution in [2.24, 2.45) is 0 Å². The van der Waals surface area contributed by atoms with E-state index >= 15 is 0 Å². The fourth-order valence-electron chi connectivity index (χ4n) is 3.56. The highest BCUT2D eigenvalue weighted by Gasteiger charge is 2.43. The van der Waals surface area contributed by atoms with Gasteiger partial charge >= 0.3 is 0 Å². The molecule has 6 heteroatoms. The molecule has 0 bridgehead atoms. The Kier molecular flexibility index (Phi) is 5.48. The monoisotopic (exact) mass is 408 g/mol. The summed E-state index contributed by atoms with van der Waals surface area (Å²) in [6, 6.07) is 13.8. The van der Waals surface area contributed by atoms with Crippen LogP contribution in [0.2, 0.25) is 0 Å². The number of morpholine rings is 1. The molecule has 2 aliphatic heterocycles. The van der Waals surface area contributed by atoms with E-state index in [1.165, 1.54) is 16.7 Å². The van der Waals surface area contributed by atoms with Crippen LogP contribution in [0.5, 0.6) is 0 Å². The molecule has 2 aromatic carbocycles. The van der Waals surface area contributed by atoms with Gasteiger partial charge in [0.2, 0.25) is 0 Å². The van der Waals surface area contributed by atoms with Crippen LogP contribution >= 0.6 is 11.8 Å². The van der Waals surface area contributed by atoms with Crippen LogP contribution in [0.4, 0.5) is 5.69 Å². The topological polar surface area (TPSA) is 49.9 Å². The molecular formula is C23H24N2O3S. The maximum atomic E-state index is 13.5. The van der Waals surface area contributed by atoms with E-state index < -0.39 is 0 Å². The summed E-state index contributed by atoms with van der Waals surface area (Å²) in [5, 5.41) is 0. The van der Waals surface area contributed by atoms with Crippen LogP contribution < -0.4 is 4.90 Å². The molecule has 2 aliphatic rings. The van der Waals surface area contributed by atoms with Gasteiger partial charge in [0, 0.05) is 18.0 Å². The maximum absolute atomic E-state index is 13.5. The molecule has 0 spiro atoms. The molecule has 0 atom stereocenters. The molecule has 2 amide bonds. The second-order valence-corrected chi connectivity index (χ2v) is 8.51. The summed E-state index contributed by atoms with van der Waals surface area (Å²) < 4.78 is 5.45. The lowest BCUT2D eigenvalue weighted by Gasteiger charge is -2.29. The molecule has 150 valence electrons. The predicted octanol–water partition coefficient (Wildman–Crippen LogP) is 3.82. The van der Waals surface area contributed by atoms with Gasteiger partial charge in [0.25, 0.3) is 11.8 Å². The Hall–Kier alpha value is -2.57. The lowest BCUT2D eigenvalue weighted by Crippen LogP contribution is -2.40. The number of amides is 2. The maximum Gasteiger partial charge on any atom is 0.283 e. The Bertz CT molecular complexity index is 992. The van der Waals surface area contributed by atoms with E-state index in [4.69, 9.17) is 4.74 Å². The molecule has 1 fully saturated rings. The van der Waals surface area contributed by atoms with Crippen molar-refractivity contribution < 1.29 is 14.3 Å². The highest BCUT2D eigenvalue weighted by Crippen LogP contribution is 2.39. The first-order valence-electron chi connectivity index (χ1n) is 9.73. The van der Waals surface area contributed by atoms with Crippen molar-refractivity contribution in [3.63, 3.8) is 0 Å². The number of benzene rings is 2. The normalized spacial score (nSPS) is 17.5. The van der Waals surface area contributed by atoms with Crippen LogP contribution in [-0.4, -0.2) is 43.0 Å². The number of aryl methyl sites for hydroxylation is 3. The Morgan fingerprint density at radius 3 is 2.21 bits per heavy atom. The van der Waals surface area contributed by atoms with Gasteiger partial charge in [-0.1, -0.05) is 41.6 Å². The van der Waals surface area contributed by atoms with Crippen molar-refractivity contribution in [1.82, 2.24) is 4.90 Å². The van der Waals surface area contributed by atoms with Gasteiger partial charge < -0.3 is 9.64 Å². The average Bonchev–Trinajstić information content (AvgIpc) is 2.96. The molecule has 2 heterocycles. The average molecular weight is 409 g/mol. The van der Waals surface area contributed by atoms with Crippen molar-refractivity contribution >= 4 is 29.3 Å². The predicted molar refractivity (Wildman–Crippen MR) is 115 cm³/mol. The van der Waals surface area contributed by atoms with E-state index in [1.54, 1.807) is 0 Å². The summed E-state index contributed by atoms with van der Waals surface area (Å²) in [6.07, 6.45) is 0. The van der Waals surface area contributed by atoms with Crippen LogP contribution in [0.25, 0.3) is 0 Å². The highest BCUT2D eigenvalue weighted by molar-refractivity contribution is 8.04. The van der Waals surface area contributed by atoms with Crippen LogP contribution in [0.15, 0.2) is 58.0 Å². The largest absolute Gasteiger partial charge is 0.378 e. The standard InChI is InChI=1S/C23H24N2O3S/c1-15-5-8-18(9-6-15)29-21-20(24-10-12-28-13-11-24)22(26)25(23(21)27)19-14-16(2)4-7-17(19)3/h4-9,14H,10-13H2,1-3H3. The number of ether oxygens (including phenoxy) is 1. The second-order valence-electron chi connectivity index (χ2n) is 7.43. The van der Waals surface area contributed by atoms with Gasteiger partial charge in [0.1, 0.15) is 10.6 Å². The third-order valence-corrected chi connectivity index (χ3v) is 6.27. The quantitative estimate of drug-likeness (QED) is 0.720. The minimum atomic E-state index is -0.254. The van der Waals surface area contributed by atoms with Gasteiger partial charge in [-0.25, -0.2) is 4.90 Å². The highest BCUT2D eigenvalue weighted by atomic mass is 32.2. The molecular weight excluding hydrogens is 384 g/mol. The summed E-state index contributed by atoms with van der Waals surface area (Å²) in [5.41, 5.74) is 4.22. The van der Waals surface area contributed by atoms with Crippen LogP contribution in [0.3, 0.4) is 0 Å². The number of anilines is 1. The lowest BCUT2D eigenvalue weighted by atomic mass is 10.1. The summed E-state index contributed by atoms with van der Waals surface area (Å²) in [6.45, 7) is 8.23. The Morgan fingerprint density at radius 1 is 0.862 bits per heavy atom. The molecule has 5 nitrogen and oxygen atoms in total. The summed E-state index contributed by atoms with van der Waals surface area (Å²) in [4.78, 5) is 31.7. The van der Waals surface area contributed by atoms with E-state index in [1.807, 2.05) is 68.1 Å². The van der Waals surface area contributed by atoms with Crippen molar-refractivity contribution in [3.8, 4) is 0 Å². The number of carbonyl (C=O) groups excluding carboxylic acids is 2. The molecule has 0 saturated carbocycles. The second kappa shape index (κ2) is 8.05. The first kappa shape index (κ1) is 19.7. The first-order chi connectivity index (χ1) is 14.0. The molecule has 4 rings (SSSR count). The first-order valence-corrected chi connectivity index (χ1v) is 10.5. The van der Waals surface area contributed by atoms with E-state index in [9.17, 15) is 9.59 Å². The number of hydrogen-bond donors (Lipinski definition) is 0. The van der Waals surface area contributed by atoms with Gasteiger partial charge in [0.05, 0.1) is 18.9 Å². The van der Waals surface area contributed by atoms with E-state index in [0.29, 0.717) is 42.6 Å². The Morgan fingerprint density at radius 2 is 1.52 bits per heavy atom. The summed E-state index contributed by atoms with van der Waals surface area (Å²) in [5.74, 6) is -0.504. The molecule has 0 aromatic heterocycles. The van der Waals surface area contributed by atoms with E-state index in [0.717, 1.165) is 21.6 Å². The minimum absolute atomic E-state index is 0.250. The van der Waals surface area contributed by atoms with Crippen LogP contribution in [0.1, 0.15) is 16.7 Å². The Labute approximate surface area is 175 Å². The fraction of sp³-hybridized carbons (Fsp3) is 0.304. The third kappa shape index (κ3) is 3.82. The van der Waals surface area contributed by atoms with E-state index in [2.05, 4.69) is 0 Å². The van der Waals surface area contributed by atoms with Crippen LogP contribution in [0, 0.1) is 20.8 Å². The van der Waals surface area contributed by atoms with Crippen molar-refractivity contribution in [2.45, 2.75) is 25.7 Å². The van der Waals surface area contributed by atoms with Gasteiger partial charge in [-0.2, -0.15) is 0 Å². The van der Waals surface area contributed by atoms with Crippen LogP contribution in [-0.2, 0) is 14.3 Å². The van der Waals surface area contributed by atoms with E-state index in [-0.39, 0.29) is 11.8 Å². The molecule has 0 aliphatic carbocycles. The van der Waals surface area contributed by atoms with Gasteiger partial charge in [-0.05, 0) is 50.1 Å². The Balaban J connectivity index is 1.76. The number of rotatable bonds is 4. The summed E-state index contributed by atoms with van der Waals surface area (Å²) >= 11 is 1.37. The fourth-order valence-corrected chi connectivity index (χ4v) is 4.56. The molecule has 1 saturated heterocycles. The number of carbonyl (C=O) groups is 2. The molecule has 29 heavy (non-hydrogen) atoms.